The van der Waals surface area contributed by atoms with Crippen molar-refractivity contribution in [2.24, 2.45) is 16.5 Å². The maximum absolute atomic E-state index is 5.89. The molecule has 124 valence electrons. The van der Waals surface area contributed by atoms with Crippen LogP contribution in [0.3, 0.4) is 0 Å². The Hall–Kier alpha value is -2.71. The monoisotopic (exact) mass is 342 g/mol. The van der Waals surface area contributed by atoms with Crippen LogP contribution in [-0.4, -0.2) is 22.5 Å². The molecule has 0 unspecified atom stereocenters. The van der Waals surface area contributed by atoms with Gasteiger partial charge in [0, 0.05) is 30.2 Å². The Morgan fingerprint density at radius 1 is 1.29 bits per heavy atom. The highest BCUT2D eigenvalue weighted by Gasteiger charge is 2.09. The topological polar surface area (TPSA) is 115 Å². The lowest BCUT2D eigenvalue weighted by Crippen LogP contribution is -2.23. The molecule has 0 amide bonds. The highest BCUT2D eigenvalue weighted by atomic mass is 32.1. The fourth-order valence-corrected chi connectivity index (χ4v) is 2.76. The summed E-state index contributed by atoms with van der Waals surface area (Å²) in [6, 6.07) is 9.50. The number of nitrogens with one attached hydrogen (secondary N) is 1. The third-order valence-electron chi connectivity index (χ3n) is 3.23. The van der Waals surface area contributed by atoms with Crippen molar-refractivity contribution in [3.8, 4) is 11.5 Å². The van der Waals surface area contributed by atoms with Crippen LogP contribution in [0.2, 0.25) is 0 Å². The minimum Gasteiger partial charge on any atom is -0.458 e. The predicted molar refractivity (Wildman–Crippen MR) is 95.8 cm³/mol. The van der Waals surface area contributed by atoms with Crippen LogP contribution in [0.25, 0.3) is 11.5 Å². The average Bonchev–Trinajstić information content (AvgIpc) is 3.24. The number of rotatable bonds is 6. The van der Waals surface area contributed by atoms with Gasteiger partial charge < -0.3 is 21.2 Å². The summed E-state index contributed by atoms with van der Waals surface area (Å²) in [6.07, 6.45) is 2.50. The summed E-state index contributed by atoms with van der Waals surface area (Å²) in [5.74, 6) is 1.74. The predicted octanol–water partition coefficient (Wildman–Crippen LogP) is 2.23. The van der Waals surface area contributed by atoms with Crippen molar-refractivity contribution in [3.63, 3.8) is 0 Å². The molecule has 0 saturated carbocycles. The van der Waals surface area contributed by atoms with Gasteiger partial charge in [-0.2, -0.15) is 0 Å². The van der Waals surface area contributed by atoms with Crippen molar-refractivity contribution in [2.75, 3.05) is 11.9 Å². The van der Waals surface area contributed by atoms with E-state index in [9.17, 15) is 0 Å². The Kier molecular flexibility index (Phi) is 5.19. The first-order valence-electron chi connectivity index (χ1n) is 7.46. The van der Waals surface area contributed by atoms with E-state index in [1.54, 1.807) is 6.20 Å². The maximum Gasteiger partial charge on any atom is 0.194 e. The van der Waals surface area contributed by atoms with Gasteiger partial charge >= 0.3 is 0 Å². The van der Waals surface area contributed by atoms with Gasteiger partial charge in [-0.3, -0.25) is 9.98 Å². The molecule has 24 heavy (non-hydrogen) atoms. The second kappa shape index (κ2) is 7.71. The number of nitrogens with zero attached hydrogens (tertiary/aromatic N) is 3. The van der Waals surface area contributed by atoms with E-state index in [0.717, 1.165) is 23.6 Å². The summed E-state index contributed by atoms with van der Waals surface area (Å²) in [6.45, 7) is 0.928. The smallest absolute Gasteiger partial charge is 0.194 e. The van der Waals surface area contributed by atoms with E-state index in [4.69, 9.17) is 15.9 Å². The van der Waals surface area contributed by atoms with Gasteiger partial charge in [-0.05, 0) is 24.3 Å². The minimum absolute atomic E-state index is 0.328. The fraction of sp³-hybridized carbons (Fsp3) is 0.188. The number of pyridine rings is 1. The molecule has 0 aromatic carbocycles. The normalized spacial score (nSPS) is 11.6. The third-order valence-corrected chi connectivity index (χ3v) is 3.99. The molecule has 0 atom stereocenters. The second-order valence-corrected chi connectivity index (χ2v) is 5.83. The zero-order valence-electron chi connectivity index (χ0n) is 13.0. The van der Waals surface area contributed by atoms with Gasteiger partial charge in [0.05, 0.1) is 6.54 Å². The molecular weight excluding hydrogens is 324 g/mol. The van der Waals surface area contributed by atoms with Crippen molar-refractivity contribution in [2.45, 2.75) is 13.0 Å². The average molecular weight is 342 g/mol. The number of anilines is 1. The van der Waals surface area contributed by atoms with Crippen molar-refractivity contribution in [3.05, 3.63) is 53.4 Å². The summed E-state index contributed by atoms with van der Waals surface area (Å²) in [5.41, 5.74) is 13.2. The van der Waals surface area contributed by atoms with E-state index < -0.39 is 0 Å². The zero-order chi connectivity index (χ0) is 16.8. The molecule has 3 aromatic heterocycles. The summed E-state index contributed by atoms with van der Waals surface area (Å²) >= 11 is 1.43. The van der Waals surface area contributed by atoms with Gasteiger partial charge in [0.25, 0.3) is 0 Å². The lowest BCUT2D eigenvalue weighted by Gasteiger charge is -2.01. The Bertz CT molecular complexity index is 811. The van der Waals surface area contributed by atoms with Gasteiger partial charge in [0.2, 0.25) is 0 Å². The van der Waals surface area contributed by atoms with Crippen LogP contribution in [0.5, 0.6) is 0 Å². The summed E-state index contributed by atoms with van der Waals surface area (Å²) in [7, 11) is 0. The highest BCUT2D eigenvalue weighted by molar-refractivity contribution is 7.14. The SMILES string of the molecule is NCc1ccc(-c2csc(NC(N)=NCCc3ccccn3)n2)o1. The third kappa shape index (κ3) is 4.18. The van der Waals surface area contributed by atoms with E-state index in [1.807, 2.05) is 35.7 Å². The Morgan fingerprint density at radius 3 is 2.96 bits per heavy atom. The van der Waals surface area contributed by atoms with Crippen molar-refractivity contribution < 1.29 is 4.42 Å². The molecule has 0 aliphatic heterocycles. The molecule has 3 heterocycles. The Labute approximate surface area is 143 Å². The molecule has 5 N–H and O–H groups in total. The summed E-state index contributed by atoms with van der Waals surface area (Å²) < 4.78 is 5.57. The number of aromatic nitrogens is 2. The molecule has 0 bridgehead atoms. The van der Waals surface area contributed by atoms with Crippen molar-refractivity contribution in [1.82, 2.24) is 9.97 Å². The Balaban J connectivity index is 1.56. The molecule has 3 rings (SSSR count). The molecule has 0 radical (unpaired) electrons. The van der Waals surface area contributed by atoms with Gasteiger partial charge in [-0.25, -0.2) is 4.98 Å². The zero-order valence-corrected chi connectivity index (χ0v) is 13.8. The maximum atomic E-state index is 5.89. The van der Waals surface area contributed by atoms with Crippen LogP contribution in [0.15, 0.2) is 51.3 Å². The van der Waals surface area contributed by atoms with Crippen LogP contribution in [0.1, 0.15) is 11.5 Å². The van der Waals surface area contributed by atoms with E-state index in [1.165, 1.54) is 11.3 Å². The van der Waals surface area contributed by atoms with Crippen molar-refractivity contribution >= 4 is 22.4 Å². The quantitative estimate of drug-likeness (QED) is 0.467. The first-order valence-corrected chi connectivity index (χ1v) is 8.34. The van der Waals surface area contributed by atoms with E-state index in [0.29, 0.717) is 29.9 Å². The highest BCUT2D eigenvalue weighted by Crippen LogP contribution is 2.26. The number of furan rings is 1. The van der Waals surface area contributed by atoms with E-state index in [-0.39, 0.29) is 0 Å². The van der Waals surface area contributed by atoms with Crippen LogP contribution in [0, 0.1) is 0 Å². The standard InChI is InChI=1S/C16H18N6OS/c17-9-12-4-5-14(23-12)13-10-24-16(21-13)22-15(18)20-8-6-11-3-1-2-7-19-11/h1-5,7,10H,6,8-9,17H2,(H3,18,20,21,22). The second-order valence-electron chi connectivity index (χ2n) is 4.97. The van der Waals surface area contributed by atoms with Crippen LogP contribution in [0.4, 0.5) is 5.13 Å². The van der Waals surface area contributed by atoms with Crippen LogP contribution in [-0.2, 0) is 13.0 Å². The first-order chi connectivity index (χ1) is 11.7. The summed E-state index contributed by atoms with van der Waals surface area (Å²) in [5, 5.41) is 5.54. The van der Waals surface area contributed by atoms with Gasteiger partial charge in [-0.1, -0.05) is 6.07 Å². The van der Waals surface area contributed by atoms with Crippen molar-refractivity contribution in [1.29, 1.82) is 0 Å². The lowest BCUT2D eigenvalue weighted by molar-refractivity contribution is 0.524. The summed E-state index contributed by atoms with van der Waals surface area (Å²) in [4.78, 5) is 13.0. The molecule has 8 heteroatoms. The number of nitrogens with two attached hydrogens (primary N) is 2. The minimum atomic E-state index is 0.328. The molecular formula is C16H18N6OS. The number of guanidine groups is 1. The number of hydrogen-bond donors (Lipinski definition) is 3. The van der Waals surface area contributed by atoms with E-state index >= 15 is 0 Å². The Morgan fingerprint density at radius 2 is 2.21 bits per heavy atom. The molecule has 7 nitrogen and oxygen atoms in total. The molecule has 0 fully saturated rings. The molecule has 3 aromatic rings. The van der Waals surface area contributed by atoms with Gasteiger partial charge in [0.15, 0.2) is 16.9 Å². The largest absolute Gasteiger partial charge is 0.458 e. The molecule has 0 aliphatic rings. The van der Waals surface area contributed by atoms with Crippen LogP contribution < -0.4 is 16.8 Å². The first kappa shape index (κ1) is 16.2. The number of aliphatic imine (C=N–C) groups is 1. The van der Waals surface area contributed by atoms with E-state index in [2.05, 4.69) is 20.3 Å². The molecule has 0 spiro atoms. The number of hydrogen-bond acceptors (Lipinski definition) is 6. The molecule has 0 saturated heterocycles. The fourth-order valence-electron chi connectivity index (χ4n) is 2.06. The van der Waals surface area contributed by atoms with Crippen LogP contribution >= 0.6 is 11.3 Å². The van der Waals surface area contributed by atoms with Gasteiger partial charge in [0.1, 0.15) is 11.5 Å². The van der Waals surface area contributed by atoms with Gasteiger partial charge in [-0.15, -0.1) is 11.3 Å². The lowest BCUT2D eigenvalue weighted by atomic mass is 10.3. The number of thiazole rings is 1. The molecule has 0 aliphatic carbocycles.